The maximum Gasteiger partial charge on any atom is 0.118 e. The van der Waals surface area contributed by atoms with Crippen molar-refractivity contribution in [2.45, 2.75) is 20.3 Å². The van der Waals surface area contributed by atoms with E-state index < -0.39 is 0 Å². The van der Waals surface area contributed by atoms with Crippen LogP contribution in [0.4, 0.5) is 0 Å². The molecular weight excluding hydrogens is 176 g/mol. The summed E-state index contributed by atoms with van der Waals surface area (Å²) in [6, 6.07) is 0. The molecule has 0 bridgehead atoms. The highest BCUT2D eigenvalue weighted by Crippen LogP contribution is 2.11. The van der Waals surface area contributed by atoms with Crippen molar-refractivity contribution in [3.8, 4) is 0 Å². The Morgan fingerprint density at radius 3 is 2.21 bits per heavy atom. The van der Waals surface area contributed by atoms with Gasteiger partial charge in [-0.05, 0) is 24.1 Å². The van der Waals surface area contributed by atoms with E-state index in [1.54, 1.807) is 20.3 Å². The number of methoxy groups -OCH3 is 2. The van der Waals surface area contributed by atoms with E-state index in [1.807, 2.05) is 12.2 Å². The highest BCUT2D eigenvalue weighted by molar-refractivity contribution is 5.18. The monoisotopic (exact) mass is 196 g/mol. The molecule has 0 N–H and O–H groups in total. The lowest BCUT2D eigenvalue weighted by atomic mass is 10.1. The van der Waals surface area contributed by atoms with Gasteiger partial charge in [0.05, 0.1) is 20.0 Å². The zero-order chi connectivity index (χ0) is 11.0. The minimum atomic E-state index is 0.587. The molecule has 0 amide bonds. The van der Waals surface area contributed by atoms with Gasteiger partial charge in [0, 0.05) is 6.42 Å². The summed E-state index contributed by atoms with van der Waals surface area (Å²) < 4.78 is 10.3. The van der Waals surface area contributed by atoms with E-state index in [-0.39, 0.29) is 0 Å². The van der Waals surface area contributed by atoms with Gasteiger partial charge in [0.2, 0.25) is 0 Å². The highest BCUT2D eigenvalue weighted by Gasteiger charge is 1.99. The molecule has 0 aromatic heterocycles. The summed E-state index contributed by atoms with van der Waals surface area (Å²) in [6.45, 7) is 7.94. The van der Waals surface area contributed by atoms with E-state index in [4.69, 9.17) is 9.47 Å². The number of hydrogen-bond acceptors (Lipinski definition) is 2. The Kier molecular flexibility index (Phi) is 6.63. The first-order valence-corrected chi connectivity index (χ1v) is 4.75. The molecule has 2 heteroatoms. The predicted molar refractivity (Wildman–Crippen MR) is 59.8 cm³/mol. The fraction of sp³-hybridized carbons (Fsp3) is 0.500. The quantitative estimate of drug-likeness (QED) is 0.479. The molecule has 0 heterocycles. The van der Waals surface area contributed by atoms with Crippen LogP contribution < -0.4 is 0 Å². The van der Waals surface area contributed by atoms with Crippen LogP contribution in [0.25, 0.3) is 0 Å². The molecule has 0 radical (unpaired) electrons. The molecule has 0 aliphatic carbocycles. The molecule has 0 spiro atoms. The van der Waals surface area contributed by atoms with E-state index >= 15 is 0 Å². The zero-order valence-corrected chi connectivity index (χ0v) is 9.54. The van der Waals surface area contributed by atoms with Crippen molar-refractivity contribution >= 4 is 0 Å². The molecule has 0 aliphatic heterocycles. The van der Waals surface area contributed by atoms with Gasteiger partial charge >= 0.3 is 0 Å². The van der Waals surface area contributed by atoms with E-state index in [1.165, 1.54) is 0 Å². The van der Waals surface area contributed by atoms with Crippen LogP contribution in [0.15, 0.2) is 36.3 Å². The molecular formula is C12H20O2. The third kappa shape index (κ3) is 5.46. The van der Waals surface area contributed by atoms with Gasteiger partial charge in [0.25, 0.3) is 0 Å². The van der Waals surface area contributed by atoms with Crippen LogP contribution in [0.1, 0.15) is 20.3 Å². The Morgan fingerprint density at radius 1 is 1.21 bits per heavy atom. The van der Waals surface area contributed by atoms with Crippen LogP contribution in [-0.2, 0) is 9.47 Å². The Bertz CT molecular complexity index is 224. The summed E-state index contributed by atoms with van der Waals surface area (Å²) in [5, 5.41) is 0. The largest absolute Gasteiger partial charge is 0.501 e. The first kappa shape index (κ1) is 12.8. The molecule has 0 aliphatic rings. The fourth-order valence-electron chi connectivity index (χ4n) is 1.02. The van der Waals surface area contributed by atoms with E-state index in [2.05, 4.69) is 20.4 Å². The fourth-order valence-corrected chi connectivity index (χ4v) is 1.02. The molecule has 0 saturated carbocycles. The van der Waals surface area contributed by atoms with Gasteiger partial charge in [-0.25, -0.2) is 0 Å². The van der Waals surface area contributed by atoms with Crippen molar-refractivity contribution in [1.82, 2.24) is 0 Å². The van der Waals surface area contributed by atoms with Crippen LogP contribution in [0.2, 0.25) is 0 Å². The number of ether oxygens (including phenoxy) is 2. The molecule has 0 saturated heterocycles. The third-order valence-corrected chi connectivity index (χ3v) is 1.74. The minimum Gasteiger partial charge on any atom is -0.501 e. The molecule has 0 aromatic rings. The Hall–Kier alpha value is -1.18. The maximum atomic E-state index is 5.23. The highest BCUT2D eigenvalue weighted by atomic mass is 16.5. The van der Waals surface area contributed by atoms with Gasteiger partial charge in [-0.15, -0.1) is 0 Å². The maximum absolute atomic E-state index is 5.23. The van der Waals surface area contributed by atoms with Gasteiger partial charge in [0.1, 0.15) is 5.76 Å². The van der Waals surface area contributed by atoms with Crippen molar-refractivity contribution in [2.75, 3.05) is 14.2 Å². The Morgan fingerprint density at radius 2 is 1.86 bits per heavy atom. The van der Waals surface area contributed by atoms with Gasteiger partial charge in [-0.1, -0.05) is 20.4 Å². The molecule has 2 nitrogen and oxygen atoms in total. The topological polar surface area (TPSA) is 18.5 Å². The van der Waals surface area contributed by atoms with Crippen molar-refractivity contribution in [2.24, 2.45) is 5.92 Å². The SMILES string of the molecule is C=CC(=CC=C(CC(C)C)OC)OC. The van der Waals surface area contributed by atoms with Crippen LogP contribution in [0.5, 0.6) is 0 Å². The first-order valence-electron chi connectivity index (χ1n) is 4.75. The van der Waals surface area contributed by atoms with Crippen LogP contribution in [0, 0.1) is 5.92 Å². The summed E-state index contributed by atoms with van der Waals surface area (Å²) in [4.78, 5) is 0. The lowest BCUT2D eigenvalue weighted by molar-refractivity contribution is 0.264. The van der Waals surface area contributed by atoms with Gasteiger partial charge in [-0.2, -0.15) is 0 Å². The first-order chi connectivity index (χ1) is 6.63. The van der Waals surface area contributed by atoms with Crippen LogP contribution in [-0.4, -0.2) is 14.2 Å². The number of hydrogen-bond donors (Lipinski definition) is 0. The van der Waals surface area contributed by atoms with E-state index in [0.717, 1.165) is 17.9 Å². The lowest BCUT2D eigenvalue weighted by Crippen LogP contribution is -1.93. The number of rotatable bonds is 6. The normalized spacial score (nSPS) is 12.9. The molecule has 14 heavy (non-hydrogen) atoms. The van der Waals surface area contributed by atoms with Crippen LogP contribution >= 0.6 is 0 Å². The van der Waals surface area contributed by atoms with Crippen molar-refractivity contribution in [3.05, 3.63) is 36.3 Å². The molecule has 0 rings (SSSR count). The standard InChI is InChI=1S/C12H20O2/c1-6-11(13-4)7-8-12(14-5)9-10(2)3/h6-8,10H,1,9H2,2-5H3. The molecule has 0 fully saturated rings. The molecule has 0 aromatic carbocycles. The van der Waals surface area contributed by atoms with Crippen molar-refractivity contribution in [3.63, 3.8) is 0 Å². The number of allylic oxidation sites excluding steroid dienone is 4. The van der Waals surface area contributed by atoms with Crippen LogP contribution in [0.3, 0.4) is 0 Å². The lowest BCUT2D eigenvalue weighted by Gasteiger charge is -2.07. The molecule has 0 unspecified atom stereocenters. The summed E-state index contributed by atoms with van der Waals surface area (Å²) in [7, 11) is 3.30. The van der Waals surface area contributed by atoms with Gasteiger partial charge in [-0.3, -0.25) is 0 Å². The predicted octanol–water partition coefficient (Wildman–Crippen LogP) is 3.28. The van der Waals surface area contributed by atoms with Gasteiger partial charge < -0.3 is 9.47 Å². The zero-order valence-electron chi connectivity index (χ0n) is 9.54. The molecule has 0 atom stereocenters. The second-order valence-electron chi connectivity index (χ2n) is 3.41. The average Bonchev–Trinajstić information content (AvgIpc) is 2.17. The summed E-state index contributed by atoms with van der Waals surface area (Å²) in [5.74, 6) is 2.28. The third-order valence-electron chi connectivity index (χ3n) is 1.74. The minimum absolute atomic E-state index is 0.587. The Labute approximate surface area is 86.9 Å². The molecule has 80 valence electrons. The van der Waals surface area contributed by atoms with E-state index in [9.17, 15) is 0 Å². The second-order valence-corrected chi connectivity index (χ2v) is 3.41. The van der Waals surface area contributed by atoms with Gasteiger partial charge in [0.15, 0.2) is 0 Å². The average molecular weight is 196 g/mol. The second kappa shape index (κ2) is 7.25. The van der Waals surface area contributed by atoms with Crippen molar-refractivity contribution in [1.29, 1.82) is 0 Å². The summed E-state index contributed by atoms with van der Waals surface area (Å²) in [5.41, 5.74) is 0. The van der Waals surface area contributed by atoms with Crippen molar-refractivity contribution < 1.29 is 9.47 Å². The summed E-state index contributed by atoms with van der Waals surface area (Å²) in [6.07, 6.45) is 6.37. The van der Waals surface area contributed by atoms with E-state index in [0.29, 0.717) is 5.92 Å². The summed E-state index contributed by atoms with van der Waals surface area (Å²) >= 11 is 0. The Balaban J connectivity index is 4.42. The smallest absolute Gasteiger partial charge is 0.118 e.